The molecular formula is C12H16N2O4. The highest BCUT2D eigenvalue weighted by molar-refractivity contribution is 6.00. The lowest BCUT2D eigenvalue weighted by molar-refractivity contribution is -0.143. The van der Waals surface area contributed by atoms with E-state index in [0.717, 1.165) is 0 Å². The molecule has 1 amide bonds. The zero-order chi connectivity index (χ0) is 13.9. The molecule has 1 aromatic rings. The number of nitrogen functional groups attached to an aromatic ring is 1. The van der Waals surface area contributed by atoms with Crippen LogP contribution in [0.3, 0.4) is 0 Å². The number of carbonyl (C=O) groups is 2. The van der Waals surface area contributed by atoms with Crippen LogP contribution in [0, 0.1) is 0 Å². The van der Waals surface area contributed by atoms with Crippen molar-refractivity contribution in [2.45, 2.75) is 19.4 Å². The van der Waals surface area contributed by atoms with Crippen LogP contribution in [0.25, 0.3) is 0 Å². The molecule has 6 heteroatoms. The molecule has 0 heterocycles. The average Bonchev–Trinajstić information content (AvgIpc) is 2.27. The van der Waals surface area contributed by atoms with Gasteiger partial charge in [-0.3, -0.25) is 4.79 Å². The number of hydrogen-bond donors (Lipinski definition) is 3. The van der Waals surface area contributed by atoms with Crippen molar-refractivity contribution < 1.29 is 19.4 Å². The first kappa shape index (κ1) is 13.8. The average molecular weight is 252 g/mol. The second kappa shape index (κ2) is 4.95. The lowest BCUT2D eigenvalue weighted by Gasteiger charge is -2.21. The maximum absolute atomic E-state index is 12.0. The topological polar surface area (TPSA) is 102 Å². The highest BCUT2D eigenvalue weighted by Gasteiger charge is 2.30. The first-order valence-electron chi connectivity index (χ1n) is 5.27. The summed E-state index contributed by atoms with van der Waals surface area (Å²) >= 11 is 0. The number of ether oxygens (including phenoxy) is 1. The predicted molar refractivity (Wildman–Crippen MR) is 66.6 cm³/mol. The Labute approximate surface area is 105 Å². The van der Waals surface area contributed by atoms with Gasteiger partial charge < -0.3 is 20.9 Å². The minimum Gasteiger partial charge on any atom is -0.496 e. The molecule has 0 aliphatic heterocycles. The van der Waals surface area contributed by atoms with Gasteiger partial charge in [0.25, 0.3) is 5.91 Å². The Morgan fingerprint density at radius 2 is 2.00 bits per heavy atom. The zero-order valence-electron chi connectivity index (χ0n) is 10.5. The van der Waals surface area contributed by atoms with Crippen molar-refractivity contribution in [2.24, 2.45) is 0 Å². The molecule has 0 saturated carbocycles. The molecule has 1 aromatic carbocycles. The van der Waals surface area contributed by atoms with Gasteiger partial charge in [-0.2, -0.15) is 0 Å². The number of hydrogen-bond acceptors (Lipinski definition) is 4. The van der Waals surface area contributed by atoms with E-state index in [0.29, 0.717) is 11.4 Å². The lowest BCUT2D eigenvalue weighted by Crippen LogP contribution is -2.49. The molecule has 0 atom stereocenters. The SMILES string of the molecule is COc1cc(N)ccc1C(=O)NC(C)(C)C(=O)O. The molecule has 0 radical (unpaired) electrons. The smallest absolute Gasteiger partial charge is 0.328 e. The second-order valence-corrected chi connectivity index (χ2v) is 4.34. The highest BCUT2D eigenvalue weighted by Crippen LogP contribution is 2.22. The van der Waals surface area contributed by atoms with E-state index in [2.05, 4.69) is 5.32 Å². The van der Waals surface area contributed by atoms with Gasteiger partial charge in [0.1, 0.15) is 11.3 Å². The Morgan fingerprint density at radius 3 is 2.50 bits per heavy atom. The Hall–Kier alpha value is -2.24. The number of nitrogens with two attached hydrogens (primary N) is 1. The van der Waals surface area contributed by atoms with E-state index in [4.69, 9.17) is 15.6 Å². The maximum Gasteiger partial charge on any atom is 0.328 e. The second-order valence-electron chi connectivity index (χ2n) is 4.34. The standard InChI is InChI=1S/C12H16N2O4/c1-12(2,11(16)17)14-10(15)8-5-4-7(13)6-9(8)18-3/h4-6H,13H2,1-3H3,(H,14,15)(H,16,17). The van der Waals surface area contributed by atoms with Crippen molar-refractivity contribution in [1.29, 1.82) is 0 Å². The number of benzene rings is 1. The van der Waals surface area contributed by atoms with Gasteiger partial charge >= 0.3 is 5.97 Å². The number of nitrogens with one attached hydrogen (secondary N) is 1. The predicted octanol–water partition coefficient (Wildman–Crippen LogP) is 0.870. The van der Waals surface area contributed by atoms with Crippen molar-refractivity contribution >= 4 is 17.6 Å². The summed E-state index contributed by atoms with van der Waals surface area (Å²) in [6.07, 6.45) is 0. The van der Waals surface area contributed by atoms with Gasteiger partial charge in [-0.15, -0.1) is 0 Å². The van der Waals surface area contributed by atoms with Crippen molar-refractivity contribution in [2.75, 3.05) is 12.8 Å². The number of methoxy groups -OCH3 is 1. The summed E-state index contributed by atoms with van der Waals surface area (Å²) in [5.41, 5.74) is 4.91. The van der Waals surface area contributed by atoms with Crippen LogP contribution in [0.5, 0.6) is 5.75 Å². The normalized spacial score (nSPS) is 10.8. The molecule has 18 heavy (non-hydrogen) atoms. The molecule has 0 spiro atoms. The number of rotatable bonds is 4. The van der Waals surface area contributed by atoms with E-state index < -0.39 is 17.4 Å². The molecule has 0 bridgehead atoms. The van der Waals surface area contributed by atoms with E-state index in [1.807, 2.05) is 0 Å². The molecule has 4 N–H and O–H groups in total. The van der Waals surface area contributed by atoms with Gasteiger partial charge in [0.05, 0.1) is 12.7 Å². The molecule has 1 rings (SSSR count). The molecule has 0 aromatic heterocycles. The Kier molecular flexibility index (Phi) is 3.80. The molecule has 0 unspecified atom stereocenters. The van der Waals surface area contributed by atoms with Crippen LogP contribution in [0.15, 0.2) is 18.2 Å². The fraction of sp³-hybridized carbons (Fsp3) is 0.333. The number of aliphatic carboxylic acids is 1. The number of anilines is 1. The third-order valence-electron chi connectivity index (χ3n) is 2.43. The molecule has 0 saturated heterocycles. The van der Waals surface area contributed by atoms with Crippen molar-refractivity contribution in [1.82, 2.24) is 5.32 Å². The Balaban J connectivity index is 3.01. The summed E-state index contributed by atoms with van der Waals surface area (Å²) in [4.78, 5) is 22.9. The van der Waals surface area contributed by atoms with Gasteiger partial charge in [0.2, 0.25) is 0 Å². The monoisotopic (exact) mass is 252 g/mol. The van der Waals surface area contributed by atoms with Gasteiger partial charge in [-0.1, -0.05) is 0 Å². The van der Waals surface area contributed by atoms with Crippen LogP contribution in [-0.4, -0.2) is 29.6 Å². The van der Waals surface area contributed by atoms with Crippen LogP contribution in [-0.2, 0) is 4.79 Å². The van der Waals surface area contributed by atoms with Crippen LogP contribution >= 0.6 is 0 Å². The number of carbonyl (C=O) groups excluding carboxylic acids is 1. The van der Waals surface area contributed by atoms with E-state index in [1.54, 1.807) is 6.07 Å². The number of carboxylic acid groups (broad SMARTS) is 1. The summed E-state index contributed by atoms with van der Waals surface area (Å²) < 4.78 is 5.03. The third kappa shape index (κ3) is 2.91. The van der Waals surface area contributed by atoms with Crippen LogP contribution in [0.4, 0.5) is 5.69 Å². The van der Waals surface area contributed by atoms with Crippen molar-refractivity contribution in [3.8, 4) is 5.75 Å². The highest BCUT2D eigenvalue weighted by atomic mass is 16.5. The Morgan fingerprint density at radius 1 is 1.39 bits per heavy atom. The third-order valence-corrected chi connectivity index (χ3v) is 2.43. The largest absolute Gasteiger partial charge is 0.496 e. The summed E-state index contributed by atoms with van der Waals surface area (Å²) in [5.74, 6) is -1.35. The first-order chi connectivity index (χ1) is 8.27. The van der Waals surface area contributed by atoms with E-state index in [1.165, 1.54) is 33.1 Å². The van der Waals surface area contributed by atoms with Crippen LogP contribution in [0.1, 0.15) is 24.2 Å². The van der Waals surface area contributed by atoms with Crippen LogP contribution < -0.4 is 15.8 Å². The summed E-state index contributed by atoms with van der Waals surface area (Å²) in [5, 5.41) is 11.3. The van der Waals surface area contributed by atoms with Crippen molar-refractivity contribution in [3.05, 3.63) is 23.8 Å². The number of amides is 1. The van der Waals surface area contributed by atoms with E-state index in [9.17, 15) is 9.59 Å². The minimum absolute atomic E-state index is 0.237. The summed E-state index contributed by atoms with van der Waals surface area (Å²) in [6.45, 7) is 2.80. The van der Waals surface area contributed by atoms with E-state index >= 15 is 0 Å². The number of carboxylic acids is 1. The molecular weight excluding hydrogens is 236 g/mol. The van der Waals surface area contributed by atoms with Gasteiger partial charge in [-0.25, -0.2) is 4.79 Å². The molecule has 98 valence electrons. The van der Waals surface area contributed by atoms with Gasteiger partial charge in [0, 0.05) is 11.8 Å². The molecule has 6 nitrogen and oxygen atoms in total. The quantitative estimate of drug-likeness (QED) is 0.690. The maximum atomic E-state index is 12.0. The zero-order valence-corrected chi connectivity index (χ0v) is 10.5. The molecule has 0 aliphatic rings. The first-order valence-corrected chi connectivity index (χ1v) is 5.27. The lowest BCUT2D eigenvalue weighted by atomic mass is 10.0. The fourth-order valence-corrected chi connectivity index (χ4v) is 1.30. The van der Waals surface area contributed by atoms with Crippen LogP contribution in [0.2, 0.25) is 0 Å². The molecule has 0 aliphatic carbocycles. The summed E-state index contributed by atoms with van der Waals surface area (Å²) in [6, 6.07) is 4.54. The molecule has 0 fully saturated rings. The van der Waals surface area contributed by atoms with E-state index in [-0.39, 0.29) is 5.56 Å². The van der Waals surface area contributed by atoms with Gasteiger partial charge in [-0.05, 0) is 26.0 Å². The van der Waals surface area contributed by atoms with Crippen molar-refractivity contribution in [3.63, 3.8) is 0 Å². The van der Waals surface area contributed by atoms with Gasteiger partial charge in [0.15, 0.2) is 0 Å². The minimum atomic E-state index is -1.36. The fourth-order valence-electron chi connectivity index (χ4n) is 1.30. The summed E-state index contributed by atoms with van der Waals surface area (Å²) in [7, 11) is 1.41. The Bertz CT molecular complexity index is 483.